The van der Waals surface area contributed by atoms with Crippen LogP contribution >= 0.6 is 0 Å². The molecule has 0 saturated carbocycles. The Morgan fingerprint density at radius 2 is 1.90 bits per heavy atom. The van der Waals surface area contributed by atoms with E-state index in [2.05, 4.69) is 68.9 Å². The first kappa shape index (κ1) is 22.8. The van der Waals surface area contributed by atoms with Gasteiger partial charge in [-0.15, -0.1) is 12.3 Å². The molecular weight excluding hydrogens is 374 g/mol. The number of amidine groups is 1. The highest BCUT2D eigenvalue weighted by molar-refractivity contribution is 5.81. The van der Waals surface area contributed by atoms with E-state index < -0.39 is 0 Å². The van der Waals surface area contributed by atoms with Gasteiger partial charge in [-0.25, -0.2) is 0 Å². The quantitative estimate of drug-likeness (QED) is 0.355. The summed E-state index contributed by atoms with van der Waals surface area (Å²) >= 11 is 0. The number of hydrogen-bond donors (Lipinski definition) is 2. The number of nitrogens with zero attached hydrogens (tertiary/aromatic N) is 5. The molecule has 0 atom stereocenters. The van der Waals surface area contributed by atoms with E-state index >= 15 is 0 Å². The summed E-state index contributed by atoms with van der Waals surface area (Å²) in [5.74, 6) is 4.44. The number of hydrogen-bond acceptors (Lipinski definition) is 5. The zero-order valence-electron chi connectivity index (χ0n) is 18.5. The number of benzene rings is 1. The summed E-state index contributed by atoms with van der Waals surface area (Å²) in [5, 5.41) is 0. The Hall–Kier alpha value is -3.53. The largest absolute Gasteiger partial charge is 0.352 e. The second kappa shape index (κ2) is 10.9. The molecule has 0 fully saturated rings. The molecule has 0 bridgehead atoms. The molecule has 1 aromatic heterocycles. The van der Waals surface area contributed by atoms with Gasteiger partial charge in [-0.1, -0.05) is 30.8 Å². The van der Waals surface area contributed by atoms with E-state index in [1.807, 2.05) is 31.5 Å². The summed E-state index contributed by atoms with van der Waals surface area (Å²) in [5.41, 5.74) is 10.4. The maximum absolute atomic E-state index is 4.80. The molecule has 30 heavy (non-hydrogen) atoms. The number of rotatable bonds is 4. The van der Waals surface area contributed by atoms with E-state index in [-0.39, 0.29) is 0 Å². The molecule has 1 aliphatic rings. The number of allylic oxidation sites excluding steroid dienone is 1. The molecule has 0 saturated heterocycles. The number of aromatic nitrogens is 2. The van der Waals surface area contributed by atoms with Crippen molar-refractivity contribution in [3.63, 3.8) is 0 Å². The molecule has 2 aromatic rings. The lowest BCUT2D eigenvalue weighted by molar-refractivity contribution is 0.705. The number of hydrazine groups is 1. The topological polar surface area (TPSA) is 69.8 Å². The zero-order chi connectivity index (χ0) is 22.1. The number of nitrogens with one attached hydrogen (secondary N) is 2. The Kier molecular flexibility index (Phi) is 8.24. The first-order valence-corrected chi connectivity index (χ1v) is 9.82. The Morgan fingerprint density at radius 3 is 2.53 bits per heavy atom. The van der Waals surface area contributed by atoms with Crippen molar-refractivity contribution >= 4 is 17.6 Å². The Bertz CT molecular complexity index is 1020. The minimum absolute atomic E-state index is 0.598. The summed E-state index contributed by atoms with van der Waals surface area (Å²) in [6.07, 6.45) is 5.61. The zero-order valence-corrected chi connectivity index (χ0v) is 18.5. The molecule has 0 amide bonds. The third-order valence-electron chi connectivity index (χ3n) is 4.52. The lowest BCUT2D eigenvalue weighted by Gasteiger charge is -2.30. The molecule has 0 unspecified atom stereocenters. The lowest BCUT2D eigenvalue weighted by atomic mass is 10.00. The van der Waals surface area contributed by atoms with Crippen LogP contribution in [0, 0.1) is 12.3 Å². The monoisotopic (exact) mass is 405 g/mol. The van der Waals surface area contributed by atoms with Gasteiger partial charge >= 0.3 is 0 Å². The van der Waals surface area contributed by atoms with E-state index in [9.17, 15) is 0 Å². The molecule has 1 aromatic carbocycles. The fourth-order valence-electron chi connectivity index (χ4n) is 3.07. The van der Waals surface area contributed by atoms with Crippen LogP contribution in [-0.2, 0) is 20.0 Å². The van der Waals surface area contributed by atoms with Gasteiger partial charge in [-0.2, -0.15) is 9.98 Å². The first-order chi connectivity index (χ1) is 14.4. The molecule has 7 nitrogen and oxygen atoms in total. The van der Waals surface area contributed by atoms with Crippen molar-refractivity contribution < 1.29 is 0 Å². The lowest BCUT2D eigenvalue weighted by Crippen LogP contribution is -2.35. The summed E-state index contributed by atoms with van der Waals surface area (Å²) < 4.78 is 1.88. The smallest absolute Gasteiger partial charge is 0.234 e. The number of aliphatic imine (C=N–C) groups is 1. The second-order valence-corrected chi connectivity index (χ2v) is 7.01. The molecule has 0 spiro atoms. The minimum atomic E-state index is 0.598. The summed E-state index contributed by atoms with van der Waals surface area (Å²) in [6, 6.07) is 10.6. The molecule has 2 N–H and O–H groups in total. The van der Waals surface area contributed by atoms with Gasteiger partial charge in [-0.3, -0.25) is 15.0 Å². The maximum Gasteiger partial charge on any atom is 0.234 e. The molecular formula is C23H31N7. The average molecular weight is 406 g/mol. The van der Waals surface area contributed by atoms with E-state index in [1.54, 1.807) is 14.0 Å². The number of terminal acetylenes is 1. The summed E-state index contributed by atoms with van der Waals surface area (Å²) in [7, 11) is 3.70. The van der Waals surface area contributed by atoms with Crippen LogP contribution in [0.15, 0.2) is 52.6 Å². The second-order valence-electron chi connectivity index (χ2n) is 7.01. The van der Waals surface area contributed by atoms with Crippen LogP contribution in [0.5, 0.6) is 0 Å². The van der Waals surface area contributed by atoms with Crippen LogP contribution in [0.2, 0.25) is 0 Å². The molecule has 0 aliphatic carbocycles. The standard InChI is InChI=1S/C20H27N7.C3H4/c1-14(2)24-25-15(3)22-20-23-19(12-18(21-4)26(20)5)27-11-10-16-8-6-7-9-17(16)13-27;1-3-2/h6-9,12,24H,1,10-11,13H2,2-5H3,(H,22,23,25);1H,2H3. The van der Waals surface area contributed by atoms with Crippen molar-refractivity contribution in [3.8, 4) is 12.3 Å². The summed E-state index contributed by atoms with van der Waals surface area (Å²) in [6.45, 7) is 11.0. The normalized spacial score (nSPS) is 13.5. The van der Waals surface area contributed by atoms with E-state index in [4.69, 9.17) is 4.98 Å². The van der Waals surface area contributed by atoms with Crippen molar-refractivity contribution in [2.24, 2.45) is 17.0 Å². The van der Waals surface area contributed by atoms with Gasteiger partial charge in [0.1, 0.15) is 17.1 Å². The molecule has 7 heteroatoms. The van der Waals surface area contributed by atoms with Crippen LogP contribution in [0.25, 0.3) is 0 Å². The fraction of sp³-hybridized carbons (Fsp3) is 0.348. The molecule has 2 heterocycles. The third kappa shape index (κ3) is 5.98. The third-order valence-corrected chi connectivity index (χ3v) is 4.52. The Balaban J connectivity index is 0.00000101. The Morgan fingerprint density at radius 1 is 1.23 bits per heavy atom. The highest BCUT2D eigenvalue weighted by Crippen LogP contribution is 2.23. The van der Waals surface area contributed by atoms with Crippen molar-refractivity contribution in [3.05, 3.63) is 59.2 Å². The Labute approximate surface area is 179 Å². The van der Waals surface area contributed by atoms with Crippen molar-refractivity contribution in [1.82, 2.24) is 20.4 Å². The van der Waals surface area contributed by atoms with Crippen LogP contribution in [-0.4, -0.2) is 29.0 Å². The van der Waals surface area contributed by atoms with Gasteiger partial charge in [0, 0.05) is 38.9 Å². The van der Waals surface area contributed by atoms with Gasteiger partial charge in [-0.05, 0) is 38.3 Å². The van der Waals surface area contributed by atoms with Crippen LogP contribution < -0.4 is 21.2 Å². The number of anilines is 1. The van der Waals surface area contributed by atoms with E-state index in [1.165, 1.54) is 11.1 Å². The van der Waals surface area contributed by atoms with Crippen LogP contribution in [0.4, 0.5) is 11.8 Å². The minimum Gasteiger partial charge on any atom is -0.352 e. The van der Waals surface area contributed by atoms with Crippen LogP contribution in [0.1, 0.15) is 31.9 Å². The van der Waals surface area contributed by atoms with E-state index in [0.29, 0.717) is 11.8 Å². The summed E-state index contributed by atoms with van der Waals surface area (Å²) in [4.78, 5) is 16.1. The average Bonchev–Trinajstić information content (AvgIpc) is 2.74. The van der Waals surface area contributed by atoms with Gasteiger partial charge in [0.2, 0.25) is 5.95 Å². The molecule has 1 aliphatic heterocycles. The van der Waals surface area contributed by atoms with Crippen molar-refractivity contribution in [1.29, 1.82) is 0 Å². The van der Waals surface area contributed by atoms with Gasteiger partial charge in [0.15, 0.2) is 0 Å². The SMILES string of the molecule is C#CC.C=C(C)NN/C(C)=N/c1nc(N2CCc3ccccc3C2)cc(=NC)n1C. The molecule has 3 rings (SSSR count). The van der Waals surface area contributed by atoms with Gasteiger partial charge in [0.25, 0.3) is 0 Å². The molecule has 0 radical (unpaired) electrons. The maximum atomic E-state index is 4.80. The predicted octanol–water partition coefficient (Wildman–Crippen LogP) is 2.83. The van der Waals surface area contributed by atoms with Gasteiger partial charge < -0.3 is 10.3 Å². The van der Waals surface area contributed by atoms with Crippen molar-refractivity contribution in [2.45, 2.75) is 33.7 Å². The highest BCUT2D eigenvalue weighted by Gasteiger charge is 2.18. The van der Waals surface area contributed by atoms with Crippen LogP contribution in [0.3, 0.4) is 0 Å². The highest BCUT2D eigenvalue weighted by atomic mass is 15.4. The fourth-order valence-corrected chi connectivity index (χ4v) is 3.07. The van der Waals surface area contributed by atoms with E-state index in [0.717, 1.165) is 36.5 Å². The predicted molar refractivity (Wildman–Crippen MR) is 124 cm³/mol. The number of fused-ring (bicyclic) bond motifs is 1. The van der Waals surface area contributed by atoms with Crippen molar-refractivity contribution in [2.75, 3.05) is 18.5 Å². The first-order valence-electron chi connectivity index (χ1n) is 9.82. The molecule has 158 valence electrons. The van der Waals surface area contributed by atoms with Gasteiger partial charge in [0.05, 0.1) is 0 Å².